The fourth-order valence-electron chi connectivity index (χ4n) is 9.95. The lowest BCUT2D eigenvalue weighted by molar-refractivity contribution is -0.135. The number of rotatable bonds is 2. The van der Waals surface area contributed by atoms with Gasteiger partial charge in [-0.25, -0.2) is 9.59 Å². The van der Waals surface area contributed by atoms with Gasteiger partial charge in [0.1, 0.15) is 17.0 Å². The topological polar surface area (TPSA) is 96.9 Å². The molecular weight excluding hydrogens is 605 g/mol. The number of esters is 2. The summed E-state index contributed by atoms with van der Waals surface area (Å²) in [5.41, 5.74) is 3.99. The average molecular weight is 649 g/mol. The Kier molecular flexibility index (Phi) is 7.61. The van der Waals surface area contributed by atoms with E-state index in [1.165, 1.54) is 34.8 Å². The number of hydrogen-bond acceptors (Lipinski definition) is 9. The van der Waals surface area contributed by atoms with Gasteiger partial charge in [-0.3, -0.25) is 0 Å². The lowest BCUT2D eigenvalue weighted by atomic mass is 9.44. The third kappa shape index (κ3) is 4.73. The fourth-order valence-corrected chi connectivity index (χ4v) is 12.0. The SMILES string of the molecule is CCC1(/C=C2\OC(=O)C3=C2CC[C@H]2[C@@H]4CC[C@@]5(C6=C4CC4=CCNC(=C4)NCSS[C@@H](O)[C@H](C)C/C=C/5OC6=O)[C@@H]32)CCCC1. The molecule has 240 valence electrons. The summed E-state index contributed by atoms with van der Waals surface area (Å²) < 4.78 is 12.5. The van der Waals surface area contributed by atoms with Crippen LogP contribution < -0.4 is 10.6 Å². The minimum atomic E-state index is -0.668. The maximum absolute atomic E-state index is 14.1. The second-order valence-electron chi connectivity index (χ2n) is 14.4. The molecule has 4 aliphatic heterocycles. The van der Waals surface area contributed by atoms with Crippen molar-refractivity contribution < 1.29 is 24.2 Å². The van der Waals surface area contributed by atoms with Crippen molar-refractivity contribution in [1.82, 2.24) is 10.6 Å². The van der Waals surface area contributed by atoms with E-state index < -0.39 is 10.9 Å². The second kappa shape index (κ2) is 11.4. The quantitative estimate of drug-likeness (QED) is 0.218. The van der Waals surface area contributed by atoms with E-state index in [1.54, 1.807) is 10.8 Å². The summed E-state index contributed by atoms with van der Waals surface area (Å²) >= 11 is 0. The standard InChI is InChI=1S/C36H44N2O5S2/c1-3-35(12-4-5-13-35)18-26-24-8-7-23-22-10-14-36(30(23)29(24)32(39)42-26)27-9-6-20(2)34(41)45-44-19-38-28-17-21(11-15-37-28)16-25(22)31(36)33(40)43-27/h9,11,17-18,20,22-23,30,34,37-38,41H,3-8,10,12-16,19H2,1-2H3/b26-18-,27-9-/t20-,22+,23+,30-,34-,36+/m1/s1. The van der Waals surface area contributed by atoms with Crippen LogP contribution in [0.15, 0.2) is 69.5 Å². The van der Waals surface area contributed by atoms with Crippen molar-refractivity contribution in [2.45, 2.75) is 89.9 Å². The molecular formula is C36H44N2O5S2. The van der Waals surface area contributed by atoms with Crippen LogP contribution in [-0.4, -0.2) is 34.9 Å². The normalized spacial score (nSPS) is 39.2. The Morgan fingerprint density at radius 2 is 1.93 bits per heavy atom. The Labute approximate surface area is 273 Å². The molecule has 0 aromatic rings. The van der Waals surface area contributed by atoms with E-state index >= 15 is 0 Å². The Bertz CT molecular complexity index is 1510. The van der Waals surface area contributed by atoms with Crippen LogP contribution in [0.5, 0.6) is 0 Å². The van der Waals surface area contributed by atoms with Crippen LogP contribution in [0.3, 0.4) is 0 Å². The Morgan fingerprint density at radius 1 is 1.09 bits per heavy atom. The van der Waals surface area contributed by atoms with E-state index in [1.807, 2.05) is 6.92 Å². The Balaban J connectivity index is 1.28. The van der Waals surface area contributed by atoms with Gasteiger partial charge >= 0.3 is 11.9 Å². The minimum absolute atomic E-state index is 0.0356. The molecule has 0 amide bonds. The predicted octanol–water partition coefficient (Wildman–Crippen LogP) is 6.92. The van der Waals surface area contributed by atoms with Crippen molar-refractivity contribution in [3.63, 3.8) is 0 Å². The highest BCUT2D eigenvalue weighted by molar-refractivity contribution is 8.76. The van der Waals surface area contributed by atoms with E-state index in [0.717, 1.165) is 86.2 Å². The average Bonchev–Trinajstić information content (AvgIpc) is 3.73. The van der Waals surface area contributed by atoms with Crippen LogP contribution in [-0.2, 0) is 19.1 Å². The van der Waals surface area contributed by atoms with Gasteiger partial charge in [0.05, 0.1) is 22.7 Å². The molecule has 0 radical (unpaired) electrons. The maximum Gasteiger partial charge on any atom is 0.340 e. The lowest BCUT2D eigenvalue weighted by Gasteiger charge is -2.56. The van der Waals surface area contributed by atoms with Gasteiger partial charge in [-0.1, -0.05) is 59.9 Å². The van der Waals surface area contributed by atoms with Crippen LogP contribution in [0.1, 0.15) is 84.5 Å². The molecule has 4 heterocycles. The van der Waals surface area contributed by atoms with Gasteiger partial charge in [-0.2, -0.15) is 0 Å². The molecule has 5 aliphatic carbocycles. The number of allylic oxidation sites excluding steroid dienone is 7. The van der Waals surface area contributed by atoms with E-state index in [2.05, 4.69) is 41.9 Å². The zero-order chi connectivity index (χ0) is 30.9. The van der Waals surface area contributed by atoms with Crippen molar-refractivity contribution in [1.29, 1.82) is 0 Å². The molecule has 6 atom stereocenters. The molecule has 2 saturated carbocycles. The Hall–Kier alpha value is -2.36. The van der Waals surface area contributed by atoms with Gasteiger partial charge in [-0.05, 0) is 105 Å². The van der Waals surface area contributed by atoms with Crippen molar-refractivity contribution in [2.75, 3.05) is 12.4 Å². The molecule has 3 fully saturated rings. The number of nitrogens with one attached hydrogen (secondary N) is 2. The summed E-state index contributed by atoms with van der Waals surface area (Å²) in [5.74, 6) is 3.01. The molecule has 9 aliphatic rings. The molecule has 1 saturated heterocycles. The molecule has 7 bridgehead atoms. The highest BCUT2D eigenvalue weighted by Crippen LogP contribution is 2.71. The number of dihydropyridines is 1. The van der Waals surface area contributed by atoms with E-state index in [-0.39, 0.29) is 41.0 Å². The molecule has 0 aromatic heterocycles. The van der Waals surface area contributed by atoms with E-state index in [9.17, 15) is 14.7 Å². The molecule has 1 spiro atoms. The number of cyclic esters (lactones) is 1. The lowest BCUT2D eigenvalue weighted by Crippen LogP contribution is -2.52. The molecule has 0 unspecified atom stereocenters. The Morgan fingerprint density at radius 3 is 2.76 bits per heavy atom. The third-order valence-corrected chi connectivity index (χ3v) is 14.7. The first kappa shape index (κ1) is 30.0. The third-order valence-electron chi connectivity index (χ3n) is 12.2. The summed E-state index contributed by atoms with van der Waals surface area (Å²) in [6, 6.07) is 0. The zero-order valence-corrected chi connectivity index (χ0v) is 27.9. The molecule has 9 rings (SSSR count). The van der Waals surface area contributed by atoms with Crippen LogP contribution in [0.2, 0.25) is 0 Å². The molecule has 0 aromatic carbocycles. The number of aliphatic hydroxyl groups is 1. The summed E-state index contributed by atoms with van der Waals surface area (Å²) in [6.07, 6.45) is 19.5. The van der Waals surface area contributed by atoms with Gasteiger partial charge in [0.15, 0.2) is 0 Å². The highest BCUT2D eigenvalue weighted by atomic mass is 33.1. The van der Waals surface area contributed by atoms with Crippen molar-refractivity contribution in [3.05, 3.63) is 69.5 Å². The van der Waals surface area contributed by atoms with Gasteiger partial charge < -0.3 is 25.2 Å². The number of aliphatic hydroxyl groups excluding tert-OH is 1. The van der Waals surface area contributed by atoms with Crippen LogP contribution in [0.25, 0.3) is 0 Å². The summed E-state index contributed by atoms with van der Waals surface area (Å²) in [4.78, 5) is 28.1. The monoisotopic (exact) mass is 648 g/mol. The van der Waals surface area contributed by atoms with Gasteiger partial charge in [-0.15, -0.1) is 0 Å². The summed E-state index contributed by atoms with van der Waals surface area (Å²) in [5, 5.41) is 17.9. The predicted molar refractivity (Wildman–Crippen MR) is 177 cm³/mol. The molecule has 9 heteroatoms. The number of ether oxygens (including phenoxy) is 2. The van der Waals surface area contributed by atoms with Gasteiger partial charge in [0.2, 0.25) is 0 Å². The highest BCUT2D eigenvalue weighted by Gasteiger charge is 2.68. The van der Waals surface area contributed by atoms with Gasteiger partial charge in [0, 0.05) is 23.6 Å². The first-order valence-electron chi connectivity index (χ1n) is 17.0. The number of hydrogen-bond donors (Lipinski definition) is 3. The van der Waals surface area contributed by atoms with Gasteiger partial charge in [0.25, 0.3) is 0 Å². The maximum atomic E-state index is 14.1. The number of fused-ring (bicyclic) bond motifs is 2. The first-order valence-corrected chi connectivity index (χ1v) is 19.4. The van der Waals surface area contributed by atoms with Crippen LogP contribution in [0.4, 0.5) is 0 Å². The van der Waals surface area contributed by atoms with E-state index in [0.29, 0.717) is 18.1 Å². The summed E-state index contributed by atoms with van der Waals surface area (Å²) in [7, 11) is 3.07. The smallest absolute Gasteiger partial charge is 0.340 e. The summed E-state index contributed by atoms with van der Waals surface area (Å²) in [6.45, 7) is 5.03. The number of carbonyl (C=O) groups excluding carboxylic acids is 2. The van der Waals surface area contributed by atoms with E-state index in [4.69, 9.17) is 9.47 Å². The van der Waals surface area contributed by atoms with Crippen molar-refractivity contribution in [3.8, 4) is 0 Å². The van der Waals surface area contributed by atoms with Crippen molar-refractivity contribution in [2.24, 2.45) is 34.5 Å². The first-order chi connectivity index (χ1) is 21.8. The fraction of sp³-hybridized carbons (Fsp3) is 0.611. The van der Waals surface area contributed by atoms with Crippen molar-refractivity contribution >= 4 is 33.5 Å². The van der Waals surface area contributed by atoms with Crippen LogP contribution >= 0.6 is 21.6 Å². The molecule has 45 heavy (non-hydrogen) atoms. The number of carbonyl (C=O) groups is 2. The minimum Gasteiger partial charge on any atom is -0.427 e. The molecule has 3 N–H and O–H groups in total. The second-order valence-corrected chi connectivity index (χ2v) is 16.9. The van der Waals surface area contributed by atoms with Crippen LogP contribution in [0, 0.1) is 34.5 Å². The zero-order valence-electron chi connectivity index (χ0n) is 26.3. The molecule has 7 nitrogen and oxygen atoms in total. The largest absolute Gasteiger partial charge is 0.427 e.